The Kier molecular flexibility index (Phi) is 4.80. The minimum absolute atomic E-state index is 0.0585. The van der Waals surface area contributed by atoms with E-state index in [2.05, 4.69) is 10.2 Å². The monoisotopic (exact) mass is 330 g/mol. The summed E-state index contributed by atoms with van der Waals surface area (Å²) >= 11 is 0. The molecule has 1 aliphatic rings. The quantitative estimate of drug-likeness (QED) is 0.864. The van der Waals surface area contributed by atoms with Crippen molar-refractivity contribution in [2.24, 2.45) is 0 Å². The summed E-state index contributed by atoms with van der Waals surface area (Å²) in [5.74, 6) is 1.92. The van der Waals surface area contributed by atoms with E-state index < -0.39 is 0 Å². The third kappa shape index (κ3) is 3.12. The van der Waals surface area contributed by atoms with Gasteiger partial charge in [0, 0.05) is 20.1 Å². The summed E-state index contributed by atoms with van der Waals surface area (Å²) in [6.07, 6.45) is 1.28. The molecule has 3 rings (SSSR count). The number of ether oxygens (including phenoxy) is 1. The molecule has 0 saturated carbocycles. The number of carbonyl (C=O) groups excluding carboxylic acids is 1. The zero-order valence-electron chi connectivity index (χ0n) is 14.0. The van der Waals surface area contributed by atoms with Crippen LogP contribution >= 0.6 is 0 Å². The first-order valence-electron chi connectivity index (χ1n) is 8.09. The number of aromatic hydroxyl groups is 1. The second-order valence-electron chi connectivity index (χ2n) is 5.96. The number of amides is 1. The molecule has 128 valence electrons. The number of aromatic nitrogens is 3. The van der Waals surface area contributed by atoms with Crippen molar-refractivity contribution in [1.82, 2.24) is 19.7 Å². The highest BCUT2D eigenvalue weighted by molar-refractivity contribution is 5.81. The standard InChI is InChI=1S/C17H22N4O3/c1-12-17(23)20(9-10-24-2)11-16-19-18-15(21(12)16)8-7-13-5-3-4-6-14(13)22/h3-6,12,22H,7-11H2,1-2H3/t12-/m0/s1. The van der Waals surface area contributed by atoms with E-state index in [1.54, 1.807) is 24.1 Å². The molecule has 7 nitrogen and oxygen atoms in total. The summed E-state index contributed by atoms with van der Waals surface area (Å²) in [4.78, 5) is 14.3. The maximum atomic E-state index is 12.5. The van der Waals surface area contributed by atoms with E-state index in [-0.39, 0.29) is 17.7 Å². The highest BCUT2D eigenvalue weighted by atomic mass is 16.5. The lowest BCUT2D eigenvalue weighted by Crippen LogP contribution is -2.43. The van der Waals surface area contributed by atoms with Crippen LogP contribution in [-0.2, 0) is 28.9 Å². The van der Waals surface area contributed by atoms with Crippen molar-refractivity contribution in [3.63, 3.8) is 0 Å². The minimum Gasteiger partial charge on any atom is -0.508 e. The van der Waals surface area contributed by atoms with Crippen molar-refractivity contribution in [3.05, 3.63) is 41.5 Å². The average molecular weight is 330 g/mol. The van der Waals surface area contributed by atoms with Gasteiger partial charge in [0.15, 0.2) is 5.82 Å². The minimum atomic E-state index is -0.319. The Morgan fingerprint density at radius 2 is 2.08 bits per heavy atom. The molecule has 1 amide bonds. The number of methoxy groups -OCH3 is 1. The summed E-state index contributed by atoms with van der Waals surface area (Å²) in [5.41, 5.74) is 0.867. The smallest absolute Gasteiger partial charge is 0.245 e. The fourth-order valence-electron chi connectivity index (χ4n) is 3.07. The van der Waals surface area contributed by atoms with Crippen LogP contribution in [0.5, 0.6) is 5.75 Å². The molecule has 0 radical (unpaired) electrons. The van der Waals surface area contributed by atoms with Gasteiger partial charge in [-0.25, -0.2) is 0 Å². The van der Waals surface area contributed by atoms with Crippen molar-refractivity contribution < 1.29 is 14.6 Å². The number of hydrogen-bond donors (Lipinski definition) is 1. The van der Waals surface area contributed by atoms with Gasteiger partial charge < -0.3 is 19.3 Å². The maximum Gasteiger partial charge on any atom is 0.245 e. The second-order valence-corrected chi connectivity index (χ2v) is 5.96. The lowest BCUT2D eigenvalue weighted by molar-refractivity contribution is -0.137. The van der Waals surface area contributed by atoms with E-state index in [9.17, 15) is 9.90 Å². The van der Waals surface area contributed by atoms with Gasteiger partial charge in [-0.1, -0.05) is 18.2 Å². The van der Waals surface area contributed by atoms with E-state index in [0.29, 0.717) is 32.5 Å². The molecule has 1 atom stereocenters. The van der Waals surface area contributed by atoms with Crippen molar-refractivity contribution in [2.75, 3.05) is 20.3 Å². The predicted molar refractivity (Wildman–Crippen MR) is 87.5 cm³/mol. The predicted octanol–water partition coefficient (Wildman–Crippen LogP) is 1.32. The molecule has 2 heterocycles. The molecule has 24 heavy (non-hydrogen) atoms. The highest BCUT2D eigenvalue weighted by Crippen LogP contribution is 2.24. The highest BCUT2D eigenvalue weighted by Gasteiger charge is 2.32. The molecule has 0 saturated heterocycles. The number of phenolic OH excluding ortho intramolecular Hbond substituents is 1. The summed E-state index contributed by atoms with van der Waals surface area (Å²) in [6.45, 7) is 3.39. The molecule has 1 aliphatic heterocycles. The zero-order chi connectivity index (χ0) is 17.1. The Hall–Kier alpha value is -2.41. The number of para-hydroxylation sites is 1. The number of nitrogens with zero attached hydrogens (tertiary/aromatic N) is 4. The maximum absolute atomic E-state index is 12.5. The molecule has 0 aliphatic carbocycles. The Labute approximate surface area is 140 Å². The van der Waals surface area contributed by atoms with Crippen LogP contribution in [0, 0.1) is 0 Å². The number of hydrogen-bond acceptors (Lipinski definition) is 5. The third-order valence-electron chi connectivity index (χ3n) is 4.40. The van der Waals surface area contributed by atoms with Crippen LogP contribution in [0.25, 0.3) is 0 Å². The molecule has 0 unspecified atom stereocenters. The van der Waals surface area contributed by atoms with E-state index in [1.807, 2.05) is 23.6 Å². The molecule has 1 aromatic carbocycles. The molecule has 2 aromatic rings. The number of carbonyl (C=O) groups is 1. The lowest BCUT2D eigenvalue weighted by Gasteiger charge is -2.32. The van der Waals surface area contributed by atoms with Crippen molar-refractivity contribution >= 4 is 5.91 Å². The Balaban J connectivity index is 1.76. The van der Waals surface area contributed by atoms with E-state index in [4.69, 9.17) is 4.74 Å². The van der Waals surface area contributed by atoms with E-state index in [0.717, 1.165) is 17.2 Å². The van der Waals surface area contributed by atoms with E-state index >= 15 is 0 Å². The third-order valence-corrected chi connectivity index (χ3v) is 4.40. The molecular formula is C17H22N4O3. The molecular weight excluding hydrogens is 308 g/mol. The fourth-order valence-corrected chi connectivity index (χ4v) is 3.07. The summed E-state index contributed by atoms with van der Waals surface area (Å²) < 4.78 is 6.98. The van der Waals surface area contributed by atoms with Gasteiger partial charge in [0.25, 0.3) is 0 Å². The molecule has 1 aromatic heterocycles. The lowest BCUT2D eigenvalue weighted by atomic mass is 10.1. The largest absolute Gasteiger partial charge is 0.508 e. The van der Waals surface area contributed by atoms with Crippen molar-refractivity contribution in [2.45, 2.75) is 32.4 Å². The Bertz CT molecular complexity index is 728. The van der Waals surface area contributed by atoms with Gasteiger partial charge in [-0.2, -0.15) is 0 Å². The topological polar surface area (TPSA) is 80.5 Å². The second kappa shape index (κ2) is 7.00. The van der Waals surface area contributed by atoms with Gasteiger partial charge >= 0.3 is 0 Å². The van der Waals surface area contributed by atoms with Crippen molar-refractivity contribution in [3.8, 4) is 5.75 Å². The average Bonchev–Trinajstić information content (AvgIpc) is 2.99. The van der Waals surface area contributed by atoms with Crippen LogP contribution in [-0.4, -0.2) is 50.9 Å². The molecule has 0 fully saturated rings. The number of rotatable bonds is 6. The number of phenols is 1. The van der Waals surface area contributed by atoms with Crippen LogP contribution in [0.2, 0.25) is 0 Å². The number of fused-ring (bicyclic) bond motifs is 1. The number of aryl methyl sites for hydroxylation is 2. The zero-order valence-corrected chi connectivity index (χ0v) is 14.0. The van der Waals surface area contributed by atoms with Crippen LogP contribution in [0.15, 0.2) is 24.3 Å². The molecule has 7 heteroatoms. The summed E-state index contributed by atoms with van der Waals surface area (Å²) in [5, 5.41) is 18.4. The fraction of sp³-hybridized carbons (Fsp3) is 0.471. The normalized spacial score (nSPS) is 17.2. The van der Waals surface area contributed by atoms with Crippen LogP contribution in [0.1, 0.15) is 30.2 Å². The van der Waals surface area contributed by atoms with Gasteiger partial charge in [-0.15, -0.1) is 10.2 Å². The van der Waals surface area contributed by atoms with Crippen molar-refractivity contribution in [1.29, 1.82) is 0 Å². The van der Waals surface area contributed by atoms with Crippen LogP contribution in [0.3, 0.4) is 0 Å². The SMILES string of the molecule is COCCN1Cc2nnc(CCc3ccccc3O)n2[C@@H](C)C1=O. The first-order valence-corrected chi connectivity index (χ1v) is 8.09. The summed E-state index contributed by atoms with van der Waals surface area (Å²) in [6, 6.07) is 6.94. The molecule has 0 bridgehead atoms. The van der Waals surface area contributed by atoms with Gasteiger partial charge in [-0.05, 0) is 25.0 Å². The summed E-state index contributed by atoms with van der Waals surface area (Å²) in [7, 11) is 1.62. The Morgan fingerprint density at radius 1 is 1.29 bits per heavy atom. The number of benzene rings is 1. The van der Waals surface area contributed by atoms with Gasteiger partial charge in [0.05, 0.1) is 13.2 Å². The first kappa shape index (κ1) is 16.4. The van der Waals surface area contributed by atoms with Gasteiger partial charge in [0.1, 0.15) is 17.6 Å². The molecule has 1 N–H and O–H groups in total. The van der Waals surface area contributed by atoms with Crippen LogP contribution < -0.4 is 0 Å². The Morgan fingerprint density at radius 3 is 2.83 bits per heavy atom. The van der Waals surface area contributed by atoms with Crippen LogP contribution in [0.4, 0.5) is 0 Å². The van der Waals surface area contributed by atoms with Gasteiger partial charge in [-0.3, -0.25) is 4.79 Å². The van der Waals surface area contributed by atoms with E-state index in [1.165, 1.54) is 0 Å². The molecule has 0 spiro atoms. The first-order chi connectivity index (χ1) is 11.6. The van der Waals surface area contributed by atoms with Gasteiger partial charge in [0.2, 0.25) is 5.91 Å².